The second-order valence-corrected chi connectivity index (χ2v) is 6.86. The summed E-state index contributed by atoms with van der Waals surface area (Å²) in [5.41, 5.74) is 4.08. The highest BCUT2D eigenvalue weighted by Crippen LogP contribution is 2.41. The zero-order valence-electron chi connectivity index (χ0n) is 14.3. The lowest BCUT2D eigenvalue weighted by Gasteiger charge is -2.19. The maximum Gasteiger partial charge on any atom is 0.147 e. The van der Waals surface area contributed by atoms with Gasteiger partial charge in [-0.1, -0.05) is 35.9 Å². The monoisotopic (exact) mass is 335 g/mol. The molecular formula is C21H22FN3. The molecule has 0 radical (unpaired) electrons. The van der Waals surface area contributed by atoms with Crippen molar-refractivity contribution in [1.29, 1.82) is 0 Å². The number of aromatic nitrogens is 2. The number of nitrogens with one attached hydrogen (secondary N) is 1. The van der Waals surface area contributed by atoms with Gasteiger partial charge in [-0.05, 0) is 48.9 Å². The van der Waals surface area contributed by atoms with Crippen LogP contribution in [0.15, 0.2) is 61.2 Å². The molecule has 128 valence electrons. The van der Waals surface area contributed by atoms with Crippen molar-refractivity contribution in [3.05, 3.63) is 83.7 Å². The molecule has 4 heteroatoms. The van der Waals surface area contributed by atoms with Gasteiger partial charge < -0.3 is 9.88 Å². The van der Waals surface area contributed by atoms with E-state index in [4.69, 9.17) is 0 Å². The first-order valence-electron chi connectivity index (χ1n) is 8.77. The minimum atomic E-state index is -0.226. The summed E-state index contributed by atoms with van der Waals surface area (Å²) in [6, 6.07) is 14.5. The second kappa shape index (κ2) is 6.81. The van der Waals surface area contributed by atoms with Crippen molar-refractivity contribution < 1.29 is 4.39 Å². The van der Waals surface area contributed by atoms with E-state index in [0.717, 1.165) is 5.56 Å². The first-order valence-corrected chi connectivity index (χ1v) is 8.77. The van der Waals surface area contributed by atoms with Crippen molar-refractivity contribution >= 4 is 0 Å². The van der Waals surface area contributed by atoms with Crippen molar-refractivity contribution in [3.63, 3.8) is 0 Å². The van der Waals surface area contributed by atoms with Crippen LogP contribution in [0.25, 0.3) is 5.69 Å². The minimum Gasteiger partial charge on any atom is -0.306 e. The standard InChI is InChI=1S/C21H22FN3/c1-15-2-5-17(6-3-15)21(18-7-8-18)24-13-16-4-9-20(19(22)12-16)25-11-10-23-14-25/h2-6,9-12,14,18,21,24H,7-8,13H2,1H3. The third-order valence-electron chi connectivity index (χ3n) is 4.85. The Morgan fingerprint density at radius 2 is 2.00 bits per heavy atom. The fourth-order valence-electron chi connectivity index (χ4n) is 3.26. The summed E-state index contributed by atoms with van der Waals surface area (Å²) < 4.78 is 16.1. The maximum absolute atomic E-state index is 14.4. The topological polar surface area (TPSA) is 29.9 Å². The van der Waals surface area contributed by atoms with Gasteiger partial charge in [0.1, 0.15) is 5.82 Å². The van der Waals surface area contributed by atoms with E-state index >= 15 is 0 Å². The van der Waals surface area contributed by atoms with Crippen LogP contribution in [-0.4, -0.2) is 9.55 Å². The lowest BCUT2D eigenvalue weighted by Crippen LogP contribution is -2.22. The van der Waals surface area contributed by atoms with Gasteiger partial charge >= 0.3 is 0 Å². The molecule has 3 aromatic rings. The van der Waals surface area contributed by atoms with Crippen LogP contribution in [0, 0.1) is 18.7 Å². The normalized spacial score (nSPS) is 15.3. The van der Waals surface area contributed by atoms with Gasteiger partial charge in [0.25, 0.3) is 0 Å². The second-order valence-electron chi connectivity index (χ2n) is 6.86. The average molecular weight is 335 g/mol. The van der Waals surface area contributed by atoms with E-state index in [1.165, 1.54) is 24.0 Å². The van der Waals surface area contributed by atoms with Crippen LogP contribution >= 0.6 is 0 Å². The van der Waals surface area contributed by atoms with Gasteiger partial charge in [0.2, 0.25) is 0 Å². The molecule has 1 N–H and O–H groups in total. The Bertz CT molecular complexity index is 836. The highest BCUT2D eigenvalue weighted by molar-refractivity contribution is 5.36. The molecule has 1 heterocycles. The Kier molecular flexibility index (Phi) is 4.36. The largest absolute Gasteiger partial charge is 0.306 e. The molecule has 1 aliphatic carbocycles. The molecule has 0 amide bonds. The van der Waals surface area contributed by atoms with Gasteiger partial charge in [0.05, 0.1) is 12.0 Å². The summed E-state index contributed by atoms with van der Waals surface area (Å²) >= 11 is 0. The smallest absolute Gasteiger partial charge is 0.147 e. The van der Waals surface area contributed by atoms with Crippen LogP contribution in [0.5, 0.6) is 0 Å². The SMILES string of the molecule is Cc1ccc(C(NCc2ccc(-n3ccnc3)c(F)c2)C2CC2)cc1. The van der Waals surface area contributed by atoms with Crippen molar-refractivity contribution in [1.82, 2.24) is 14.9 Å². The first kappa shape index (κ1) is 16.0. The van der Waals surface area contributed by atoms with Crippen molar-refractivity contribution in [3.8, 4) is 5.69 Å². The molecule has 0 bridgehead atoms. The number of aryl methyl sites for hydroxylation is 1. The van der Waals surface area contributed by atoms with Gasteiger partial charge in [0, 0.05) is 25.0 Å². The van der Waals surface area contributed by atoms with Crippen molar-refractivity contribution in [2.75, 3.05) is 0 Å². The van der Waals surface area contributed by atoms with Gasteiger partial charge in [-0.25, -0.2) is 9.37 Å². The number of rotatable bonds is 6. The van der Waals surface area contributed by atoms with Crippen LogP contribution in [0.1, 0.15) is 35.6 Å². The van der Waals surface area contributed by atoms with Crippen molar-refractivity contribution in [2.45, 2.75) is 32.4 Å². The summed E-state index contributed by atoms with van der Waals surface area (Å²) in [7, 11) is 0. The van der Waals surface area contributed by atoms with Gasteiger partial charge in [-0.15, -0.1) is 0 Å². The lowest BCUT2D eigenvalue weighted by molar-refractivity contribution is 0.479. The van der Waals surface area contributed by atoms with Crippen LogP contribution in [0.4, 0.5) is 4.39 Å². The van der Waals surface area contributed by atoms with E-state index in [1.54, 1.807) is 29.4 Å². The quantitative estimate of drug-likeness (QED) is 0.715. The number of hydrogen-bond acceptors (Lipinski definition) is 2. The van der Waals surface area contributed by atoms with E-state index in [2.05, 4.69) is 41.5 Å². The number of halogens is 1. The summed E-state index contributed by atoms with van der Waals surface area (Å²) in [4.78, 5) is 3.97. The van der Waals surface area contributed by atoms with Crippen LogP contribution < -0.4 is 5.32 Å². The predicted molar refractivity (Wildman–Crippen MR) is 97.0 cm³/mol. The number of nitrogens with zero attached hydrogens (tertiary/aromatic N) is 2. The summed E-state index contributed by atoms with van der Waals surface area (Å²) in [5, 5.41) is 3.63. The van der Waals surface area contributed by atoms with Gasteiger partial charge in [-0.2, -0.15) is 0 Å². The lowest BCUT2D eigenvalue weighted by atomic mass is 10.0. The zero-order valence-corrected chi connectivity index (χ0v) is 14.3. The maximum atomic E-state index is 14.4. The molecule has 1 unspecified atom stereocenters. The molecule has 3 nitrogen and oxygen atoms in total. The van der Waals surface area contributed by atoms with Crippen LogP contribution in [0.3, 0.4) is 0 Å². The van der Waals surface area contributed by atoms with E-state index in [1.807, 2.05) is 12.1 Å². The molecule has 1 fully saturated rings. The van der Waals surface area contributed by atoms with Crippen molar-refractivity contribution in [2.24, 2.45) is 5.92 Å². The predicted octanol–water partition coefficient (Wildman–Crippen LogP) is 4.56. The van der Waals surface area contributed by atoms with E-state index in [0.29, 0.717) is 24.2 Å². The number of imidazole rings is 1. The summed E-state index contributed by atoms with van der Waals surface area (Å²) in [5.74, 6) is 0.466. The van der Waals surface area contributed by atoms with Crippen LogP contribution in [0.2, 0.25) is 0 Å². The molecule has 0 aliphatic heterocycles. The van der Waals surface area contributed by atoms with Crippen LogP contribution in [-0.2, 0) is 6.54 Å². The molecule has 4 rings (SSSR count). The van der Waals surface area contributed by atoms with E-state index < -0.39 is 0 Å². The molecule has 1 saturated carbocycles. The Balaban J connectivity index is 1.48. The highest BCUT2D eigenvalue weighted by atomic mass is 19.1. The third kappa shape index (κ3) is 3.64. The zero-order chi connectivity index (χ0) is 17.2. The molecule has 0 spiro atoms. The van der Waals surface area contributed by atoms with Gasteiger partial charge in [0.15, 0.2) is 0 Å². The third-order valence-corrected chi connectivity index (χ3v) is 4.85. The molecule has 1 atom stereocenters. The Labute approximate surface area is 147 Å². The summed E-state index contributed by atoms with van der Waals surface area (Å²) in [6.45, 7) is 2.77. The average Bonchev–Trinajstić information content (AvgIpc) is 3.30. The van der Waals surface area contributed by atoms with Gasteiger partial charge in [-0.3, -0.25) is 0 Å². The fraction of sp³-hybridized carbons (Fsp3) is 0.286. The number of benzene rings is 2. The Morgan fingerprint density at radius 1 is 1.20 bits per heavy atom. The Morgan fingerprint density at radius 3 is 2.64 bits per heavy atom. The molecule has 25 heavy (non-hydrogen) atoms. The molecule has 1 aliphatic rings. The first-order chi connectivity index (χ1) is 12.2. The summed E-state index contributed by atoms with van der Waals surface area (Å²) in [6.07, 6.45) is 7.53. The minimum absolute atomic E-state index is 0.226. The highest BCUT2D eigenvalue weighted by Gasteiger charge is 2.31. The number of hydrogen-bond donors (Lipinski definition) is 1. The fourth-order valence-corrected chi connectivity index (χ4v) is 3.26. The Hall–Kier alpha value is -2.46. The molecule has 1 aromatic heterocycles. The molecule has 2 aromatic carbocycles. The van der Waals surface area contributed by atoms with E-state index in [9.17, 15) is 4.39 Å². The molecular weight excluding hydrogens is 313 g/mol. The molecule has 0 saturated heterocycles. The van der Waals surface area contributed by atoms with E-state index in [-0.39, 0.29) is 5.82 Å².